The summed E-state index contributed by atoms with van der Waals surface area (Å²) in [5.74, 6) is -1.96. The van der Waals surface area contributed by atoms with Gasteiger partial charge in [-0.2, -0.15) is 0 Å². The van der Waals surface area contributed by atoms with Crippen LogP contribution in [0.25, 0.3) is 6.08 Å². The lowest BCUT2D eigenvalue weighted by Gasteiger charge is -2.10. The molecule has 13 heteroatoms. The van der Waals surface area contributed by atoms with Crippen molar-refractivity contribution in [1.82, 2.24) is 10.2 Å². The lowest BCUT2D eigenvalue weighted by Crippen LogP contribution is -2.30. The van der Waals surface area contributed by atoms with Gasteiger partial charge in [0.1, 0.15) is 17.2 Å². The second-order valence-corrected chi connectivity index (χ2v) is 8.43. The molecule has 12 nitrogen and oxygen atoms in total. The molecule has 0 unspecified atom stereocenters. The number of nitrogens with one attached hydrogen (secondary N) is 1. The van der Waals surface area contributed by atoms with Crippen LogP contribution >= 0.6 is 15.9 Å². The first-order chi connectivity index (χ1) is 17.7. The Hall–Kier alpha value is -4.78. The van der Waals surface area contributed by atoms with Gasteiger partial charge in [0.2, 0.25) is 5.76 Å². The van der Waals surface area contributed by atoms with Crippen molar-refractivity contribution in [2.24, 2.45) is 0 Å². The van der Waals surface area contributed by atoms with Gasteiger partial charge in [-0.1, -0.05) is 15.9 Å². The van der Waals surface area contributed by atoms with Crippen molar-refractivity contribution >= 4 is 51.6 Å². The fourth-order valence-corrected chi connectivity index (χ4v) is 3.68. The maximum absolute atomic E-state index is 12.9. The minimum absolute atomic E-state index is 0.0751. The van der Waals surface area contributed by atoms with Crippen molar-refractivity contribution in [3.8, 4) is 5.75 Å². The fourth-order valence-electron chi connectivity index (χ4n) is 3.30. The van der Waals surface area contributed by atoms with Crippen LogP contribution in [-0.2, 0) is 16.1 Å². The highest BCUT2D eigenvalue weighted by Crippen LogP contribution is 2.28. The van der Waals surface area contributed by atoms with Crippen molar-refractivity contribution in [1.29, 1.82) is 0 Å². The van der Waals surface area contributed by atoms with Gasteiger partial charge in [-0.05, 0) is 48.5 Å². The number of halogens is 1. The molecule has 1 aliphatic rings. The molecule has 2 aromatic carbocycles. The molecule has 0 bridgehead atoms. The van der Waals surface area contributed by atoms with Crippen molar-refractivity contribution in [3.63, 3.8) is 0 Å². The van der Waals surface area contributed by atoms with Crippen LogP contribution in [0.15, 0.2) is 69.2 Å². The predicted octanol–water partition coefficient (Wildman–Crippen LogP) is 4.05. The van der Waals surface area contributed by atoms with Gasteiger partial charge in [0, 0.05) is 22.2 Å². The Balaban J connectivity index is 1.54. The third-order valence-electron chi connectivity index (χ3n) is 5.11. The van der Waals surface area contributed by atoms with Crippen molar-refractivity contribution in [2.75, 3.05) is 7.11 Å². The molecule has 0 atom stereocenters. The summed E-state index contributed by atoms with van der Waals surface area (Å²) < 4.78 is 15.9. The number of imide groups is 1. The number of amides is 3. The third kappa shape index (κ3) is 5.56. The van der Waals surface area contributed by atoms with E-state index in [-0.39, 0.29) is 40.8 Å². The molecule has 0 spiro atoms. The van der Waals surface area contributed by atoms with Gasteiger partial charge in [-0.15, -0.1) is 0 Å². The first kappa shape index (κ1) is 25.3. The lowest BCUT2D eigenvalue weighted by atomic mass is 10.1. The molecule has 4 rings (SSSR count). The van der Waals surface area contributed by atoms with E-state index >= 15 is 0 Å². The molecular formula is C24H16BrN3O9. The monoisotopic (exact) mass is 569 g/mol. The molecule has 2 heterocycles. The Kier molecular flexibility index (Phi) is 7.15. The number of hydrogen-bond donors (Lipinski definition) is 1. The summed E-state index contributed by atoms with van der Waals surface area (Å²) >= 11 is 3.31. The predicted molar refractivity (Wildman–Crippen MR) is 129 cm³/mol. The van der Waals surface area contributed by atoms with Crippen LogP contribution in [0.1, 0.15) is 32.2 Å². The van der Waals surface area contributed by atoms with E-state index in [1.165, 1.54) is 55.7 Å². The van der Waals surface area contributed by atoms with Crippen LogP contribution in [0.2, 0.25) is 0 Å². The summed E-state index contributed by atoms with van der Waals surface area (Å²) in [4.78, 5) is 60.6. The summed E-state index contributed by atoms with van der Waals surface area (Å²) in [5.41, 5.74) is 0.103. The fraction of sp³-hybridized carbons (Fsp3) is 0.0833. The zero-order chi connectivity index (χ0) is 26.7. The first-order valence-corrected chi connectivity index (χ1v) is 11.2. The summed E-state index contributed by atoms with van der Waals surface area (Å²) in [5, 5.41) is 13.3. The van der Waals surface area contributed by atoms with Crippen molar-refractivity contribution in [2.45, 2.75) is 6.54 Å². The maximum Gasteiger partial charge on any atom is 0.373 e. The maximum atomic E-state index is 12.9. The smallest absolute Gasteiger partial charge is 0.373 e. The average molecular weight is 570 g/mol. The molecule has 0 aliphatic carbocycles. The van der Waals surface area contributed by atoms with Gasteiger partial charge in [-0.3, -0.25) is 19.8 Å². The molecule has 37 heavy (non-hydrogen) atoms. The number of non-ortho nitro benzene ring substituents is 1. The summed E-state index contributed by atoms with van der Waals surface area (Å²) in [7, 11) is 1.19. The van der Waals surface area contributed by atoms with E-state index in [2.05, 4.69) is 26.0 Å². The van der Waals surface area contributed by atoms with E-state index in [9.17, 15) is 29.3 Å². The number of methoxy groups -OCH3 is 1. The lowest BCUT2D eigenvalue weighted by molar-refractivity contribution is -0.384. The van der Waals surface area contributed by atoms with Crippen LogP contribution in [0.4, 0.5) is 10.5 Å². The number of hydrogen-bond acceptors (Lipinski definition) is 9. The van der Waals surface area contributed by atoms with E-state index in [0.29, 0.717) is 10.0 Å². The van der Waals surface area contributed by atoms with E-state index in [4.69, 9.17) is 9.15 Å². The zero-order valence-corrected chi connectivity index (χ0v) is 20.5. The van der Waals surface area contributed by atoms with Crippen LogP contribution in [-0.4, -0.2) is 40.8 Å². The average Bonchev–Trinajstić information content (AvgIpc) is 3.45. The molecule has 0 saturated carbocycles. The standard InChI is InChI=1S/C24H16BrN3O9/c1-35-23(31)20-9-7-17(36-20)12-27-21(29)18(26-24(27)32)11-14-10-15(25)4-8-19(14)37-22(30)13-2-5-16(6-3-13)28(33)34/h2-11H,12H2,1H3,(H,26,32)/b18-11+. The van der Waals surface area contributed by atoms with E-state index in [1.54, 1.807) is 12.1 Å². The van der Waals surface area contributed by atoms with Gasteiger partial charge in [0.15, 0.2) is 0 Å². The number of nitrogens with zero attached hydrogens (tertiary/aromatic N) is 2. The molecule has 3 amide bonds. The molecule has 1 aliphatic heterocycles. The van der Waals surface area contributed by atoms with Crippen molar-refractivity contribution < 1.29 is 38.0 Å². The SMILES string of the molecule is COC(=O)c1ccc(CN2C(=O)N/C(=C/c3cc(Br)ccc3OC(=O)c3ccc([N+](=O)[O-])cc3)C2=O)o1. The highest BCUT2D eigenvalue weighted by molar-refractivity contribution is 9.10. The third-order valence-corrected chi connectivity index (χ3v) is 5.61. The van der Waals surface area contributed by atoms with Crippen LogP contribution in [0.3, 0.4) is 0 Å². The molecule has 3 aromatic rings. The van der Waals surface area contributed by atoms with Gasteiger partial charge in [0.05, 0.1) is 24.1 Å². The van der Waals surface area contributed by atoms with Crippen LogP contribution in [0, 0.1) is 10.1 Å². The first-order valence-electron chi connectivity index (χ1n) is 10.4. The van der Waals surface area contributed by atoms with Gasteiger partial charge < -0.3 is 19.2 Å². The normalized spacial score (nSPS) is 14.0. The molecule has 1 aromatic heterocycles. The number of nitro groups is 1. The summed E-state index contributed by atoms with van der Waals surface area (Å²) in [6.45, 7) is -0.237. The van der Waals surface area contributed by atoms with E-state index in [1.807, 2.05) is 0 Å². The second-order valence-electron chi connectivity index (χ2n) is 7.51. The summed E-state index contributed by atoms with van der Waals surface area (Å²) in [6.07, 6.45) is 1.34. The molecule has 1 N–H and O–H groups in total. The number of urea groups is 1. The number of esters is 2. The summed E-state index contributed by atoms with van der Waals surface area (Å²) in [6, 6.07) is 11.6. The Morgan fingerprint density at radius 2 is 1.84 bits per heavy atom. The topological polar surface area (TPSA) is 158 Å². The molecular weight excluding hydrogens is 554 g/mol. The highest BCUT2D eigenvalue weighted by Gasteiger charge is 2.34. The molecule has 0 radical (unpaired) electrons. The minimum Gasteiger partial charge on any atom is -0.463 e. The molecule has 1 saturated heterocycles. The zero-order valence-electron chi connectivity index (χ0n) is 18.9. The number of furan rings is 1. The number of ether oxygens (including phenoxy) is 2. The van der Waals surface area contributed by atoms with E-state index < -0.39 is 28.8 Å². The number of benzene rings is 2. The molecule has 1 fully saturated rings. The van der Waals surface area contributed by atoms with Gasteiger partial charge in [0.25, 0.3) is 11.6 Å². The highest BCUT2D eigenvalue weighted by atomic mass is 79.9. The van der Waals surface area contributed by atoms with Gasteiger partial charge in [-0.25, -0.2) is 14.4 Å². The van der Waals surface area contributed by atoms with E-state index in [0.717, 1.165) is 4.90 Å². The number of carbonyl (C=O) groups excluding carboxylic acids is 4. The van der Waals surface area contributed by atoms with Crippen LogP contribution in [0.5, 0.6) is 5.75 Å². The minimum atomic E-state index is -0.778. The second kappa shape index (κ2) is 10.5. The molecule has 188 valence electrons. The number of carbonyl (C=O) groups is 4. The quantitative estimate of drug-likeness (QED) is 0.110. The van der Waals surface area contributed by atoms with Gasteiger partial charge >= 0.3 is 18.0 Å². The Morgan fingerprint density at radius 3 is 2.51 bits per heavy atom. The Morgan fingerprint density at radius 1 is 1.11 bits per heavy atom. The number of nitro benzene ring substituents is 1. The number of rotatable bonds is 7. The Labute approximate surface area is 216 Å². The Bertz CT molecular complexity index is 1460. The van der Waals surface area contributed by atoms with Crippen LogP contribution < -0.4 is 10.1 Å². The van der Waals surface area contributed by atoms with Crippen molar-refractivity contribution in [3.05, 3.63) is 97.5 Å². The largest absolute Gasteiger partial charge is 0.463 e.